The van der Waals surface area contributed by atoms with E-state index >= 15 is 0 Å². The zero-order valence-corrected chi connectivity index (χ0v) is 17.6. The number of hydrogen-bond donors (Lipinski definition) is 1. The van der Waals surface area contributed by atoms with Crippen molar-refractivity contribution in [2.24, 2.45) is 5.92 Å². The van der Waals surface area contributed by atoms with E-state index in [1.807, 2.05) is 47.4 Å². The third-order valence-electron chi connectivity index (χ3n) is 6.41. The van der Waals surface area contributed by atoms with Gasteiger partial charge in [0.1, 0.15) is 5.76 Å². The molecule has 31 heavy (non-hydrogen) atoms. The minimum Gasteiger partial charge on any atom is -0.465 e. The van der Waals surface area contributed by atoms with Crippen molar-refractivity contribution in [1.29, 1.82) is 0 Å². The molecule has 1 saturated heterocycles. The van der Waals surface area contributed by atoms with Crippen molar-refractivity contribution in [1.82, 2.24) is 15.2 Å². The normalized spacial score (nSPS) is 17.8. The van der Waals surface area contributed by atoms with E-state index in [9.17, 15) is 9.59 Å². The minimum absolute atomic E-state index is 0.0169. The first-order valence-electron chi connectivity index (χ1n) is 10.8. The number of furan rings is 1. The number of rotatable bonds is 3. The lowest BCUT2D eigenvalue weighted by Crippen LogP contribution is -2.42. The number of amides is 2. The van der Waals surface area contributed by atoms with Gasteiger partial charge in [-0.2, -0.15) is 0 Å². The maximum Gasteiger partial charge on any atom is 0.254 e. The van der Waals surface area contributed by atoms with Gasteiger partial charge in [0.25, 0.3) is 5.91 Å². The van der Waals surface area contributed by atoms with E-state index in [-0.39, 0.29) is 17.7 Å². The first-order valence-corrected chi connectivity index (χ1v) is 10.8. The van der Waals surface area contributed by atoms with Crippen molar-refractivity contribution in [3.8, 4) is 0 Å². The highest BCUT2D eigenvalue weighted by Crippen LogP contribution is 2.38. The first-order chi connectivity index (χ1) is 15.2. The molecule has 1 fully saturated rings. The van der Waals surface area contributed by atoms with Gasteiger partial charge >= 0.3 is 0 Å². The Labute approximate surface area is 180 Å². The maximum atomic E-state index is 13.7. The van der Waals surface area contributed by atoms with Crippen LogP contribution in [0.15, 0.2) is 47.1 Å². The van der Waals surface area contributed by atoms with Crippen LogP contribution in [0.5, 0.6) is 0 Å². The third-order valence-corrected chi connectivity index (χ3v) is 6.41. The summed E-state index contributed by atoms with van der Waals surface area (Å²) in [4.78, 5) is 32.5. The number of likely N-dealkylation sites (tertiary alicyclic amines) is 1. The van der Waals surface area contributed by atoms with Gasteiger partial charge in [0, 0.05) is 31.4 Å². The Balaban J connectivity index is 1.53. The zero-order valence-electron chi connectivity index (χ0n) is 17.6. The average molecular weight is 415 g/mol. The molecule has 1 aromatic carbocycles. The van der Waals surface area contributed by atoms with Crippen molar-refractivity contribution in [2.75, 3.05) is 20.1 Å². The SMILES string of the molecule is CNC(=O)C1CCN(C(=O)c2c3c(nc4ccccc24)C(=Cc2ccco2)CC3)CC1. The highest BCUT2D eigenvalue weighted by molar-refractivity contribution is 6.09. The summed E-state index contributed by atoms with van der Waals surface area (Å²) in [5.74, 6) is 0.887. The second-order valence-corrected chi connectivity index (χ2v) is 8.20. The van der Waals surface area contributed by atoms with Crippen LogP contribution in [0.1, 0.15) is 46.6 Å². The molecule has 0 bridgehead atoms. The van der Waals surface area contributed by atoms with Crippen LogP contribution in [0.2, 0.25) is 0 Å². The van der Waals surface area contributed by atoms with Gasteiger partial charge in [0.05, 0.1) is 23.0 Å². The van der Waals surface area contributed by atoms with E-state index in [0.717, 1.165) is 51.9 Å². The zero-order chi connectivity index (χ0) is 21.4. The molecule has 0 spiro atoms. The van der Waals surface area contributed by atoms with Gasteiger partial charge in [0.2, 0.25) is 5.91 Å². The van der Waals surface area contributed by atoms with Gasteiger partial charge in [-0.05, 0) is 61.1 Å². The maximum absolute atomic E-state index is 13.7. The number of aromatic nitrogens is 1. The van der Waals surface area contributed by atoms with Crippen molar-refractivity contribution in [3.63, 3.8) is 0 Å². The lowest BCUT2D eigenvalue weighted by molar-refractivity contribution is -0.125. The van der Waals surface area contributed by atoms with Crippen LogP contribution in [0.3, 0.4) is 0 Å². The molecule has 1 N–H and O–H groups in total. The first kappa shape index (κ1) is 19.5. The van der Waals surface area contributed by atoms with Gasteiger partial charge < -0.3 is 14.6 Å². The van der Waals surface area contributed by atoms with Gasteiger partial charge in [0.15, 0.2) is 0 Å². The topological polar surface area (TPSA) is 75.4 Å². The average Bonchev–Trinajstić information content (AvgIpc) is 3.47. The summed E-state index contributed by atoms with van der Waals surface area (Å²) >= 11 is 0. The summed E-state index contributed by atoms with van der Waals surface area (Å²) in [7, 11) is 1.67. The number of fused-ring (bicyclic) bond motifs is 2. The fourth-order valence-electron chi connectivity index (χ4n) is 4.78. The highest BCUT2D eigenvalue weighted by atomic mass is 16.3. The molecule has 2 aromatic heterocycles. The Morgan fingerprint density at radius 3 is 2.68 bits per heavy atom. The number of pyridine rings is 1. The van der Waals surface area contributed by atoms with E-state index in [1.54, 1.807) is 13.3 Å². The number of piperidine rings is 1. The fraction of sp³-hybridized carbons (Fsp3) is 0.320. The van der Waals surface area contributed by atoms with E-state index in [4.69, 9.17) is 9.40 Å². The third kappa shape index (κ3) is 3.52. The van der Waals surface area contributed by atoms with Crippen LogP contribution in [-0.4, -0.2) is 41.8 Å². The summed E-state index contributed by atoms with van der Waals surface area (Å²) in [5.41, 5.74) is 4.62. The number of nitrogens with one attached hydrogen (secondary N) is 1. The van der Waals surface area contributed by atoms with Gasteiger partial charge in [-0.3, -0.25) is 9.59 Å². The Morgan fingerprint density at radius 1 is 1.13 bits per heavy atom. The molecule has 0 radical (unpaired) electrons. The molecule has 3 aromatic rings. The van der Waals surface area contributed by atoms with Gasteiger partial charge in [-0.25, -0.2) is 4.98 Å². The summed E-state index contributed by atoms with van der Waals surface area (Å²) in [6.45, 7) is 1.19. The number of carbonyl (C=O) groups is 2. The lowest BCUT2D eigenvalue weighted by Gasteiger charge is -2.32. The molecule has 5 rings (SSSR count). The predicted molar refractivity (Wildman–Crippen MR) is 119 cm³/mol. The van der Waals surface area contributed by atoms with Crippen LogP contribution < -0.4 is 5.32 Å². The molecule has 6 nitrogen and oxygen atoms in total. The second-order valence-electron chi connectivity index (χ2n) is 8.20. The number of para-hydroxylation sites is 1. The molecule has 6 heteroatoms. The fourth-order valence-corrected chi connectivity index (χ4v) is 4.78. The van der Waals surface area contributed by atoms with Crippen LogP contribution in [0.25, 0.3) is 22.6 Å². The van der Waals surface area contributed by atoms with E-state index in [2.05, 4.69) is 5.32 Å². The summed E-state index contributed by atoms with van der Waals surface area (Å²) in [5, 5.41) is 3.63. The van der Waals surface area contributed by atoms with Crippen LogP contribution in [0, 0.1) is 5.92 Å². The van der Waals surface area contributed by atoms with Crippen molar-refractivity contribution in [2.45, 2.75) is 25.7 Å². The van der Waals surface area contributed by atoms with E-state index in [1.165, 1.54) is 0 Å². The number of hydrogen-bond acceptors (Lipinski definition) is 4. The molecule has 3 heterocycles. The number of carbonyl (C=O) groups excluding carboxylic acids is 2. The lowest BCUT2D eigenvalue weighted by atomic mass is 9.94. The summed E-state index contributed by atoms with van der Waals surface area (Å²) in [6, 6.07) is 11.7. The largest absolute Gasteiger partial charge is 0.465 e. The summed E-state index contributed by atoms with van der Waals surface area (Å²) in [6.07, 6.45) is 6.69. The number of nitrogens with zero attached hydrogens (tertiary/aromatic N) is 2. The van der Waals surface area contributed by atoms with Crippen molar-refractivity contribution < 1.29 is 14.0 Å². The van der Waals surface area contributed by atoms with Crippen LogP contribution >= 0.6 is 0 Å². The molecule has 2 amide bonds. The molecular weight excluding hydrogens is 390 g/mol. The van der Waals surface area contributed by atoms with Gasteiger partial charge in [-0.1, -0.05) is 18.2 Å². The van der Waals surface area contributed by atoms with Crippen LogP contribution in [0.4, 0.5) is 0 Å². The molecule has 2 aliphatic rings. The van der Waals surface area contributed by atoms with Crippen molar-refractivity contribution in [3.05, 3.63) is 65.2 Å². The minimum atomic E-state index is -0.0169. The molecule has 0 unspecified atom stereocenters. The molecule has 0 saturated carbocycles. The Bertz CT molecular complexity index is 1170. The second kappa shape index (κ2) is 8.02. The molecule has 158 valence electrons. The van der Waals surface area contributed by atoms with E-state index in [0.29, 0.717) is 25.9 Å². The number of allylic oxidation sites excluding steroid dienone is 1. The van der Waals surface area contributed by atoms with Gasteiger partial charge in [-0.15, -0.1) is 0 Å². The van der Waals surface area contributed by atoms with Crippen LogP contribution in [-0.2, 0) is 11.2 Å². The predicted octanol–water partition coefficient (Wildman–Crippen LogP) is 3.91. The molecule has 1 aliphatic carbocycles. The number of benzene rings is 1. The molecule has 0 atom stereocenters. The smallest absolute Gasteiger partial charge is 0.254 e. The van der Waals surface area contributed by atoms with E-state index < -0.39 is 0 Å². The summed E-state index contributed by atoms with van der Waals surface area (Å²) < 4.78 is 5.50. The highest BCUT2D eigenvalue weighted by Gasteiger charge is 2.32. The van der Waals surface area contributed by atoms with Crippen molar-refractivity contribution >= 4 is 34.4 Å². The Hall–Kier alpha value is -3.41. The Morgan fingerprint density at radius 2 is 1.94 bits per heavy atom. The molecular formula is C25H25N3O3. The Kier molecular flexibility index (Phi) is 5.06. The quantitative estimate of drug-likeness (QED) is 0.704. The monoisotopic (exact) mass is 415 g/mol. The standard InChI is InChI=1S/C25H25N3O3/c1-26-24(29)16-10-12-28(13-11-16)25(30)22-19-6-2-3-7-21(19)27-23-17(8-9-20(22)23)15-18-5-4-14-31-18/h2-7,14-16H,8-13H2,1H3,(H,26,29). The molecule has 1 aliphatic heterocycles.